The maximum absolute atomic E-state index is 12.4. The van der Waals surface area contributed by atoms with Gasteiger partial charge in [-0.15, -0.1) is 0 Å². The van der Waals surface area contributed by atoms with Crippen LogP contribution in [0.3, 0.4) is 0 Å². The quantitative estimate of drug-likeness (QED) is 0.782. The Labute approximate surface area is 123 Å². The summed E-state index contributed by atoms with van der Waals surface area (Å²) in [4.78, 5) is 10.8. The minimum Gasteiger partial charge on any atom is -0.335 e. The van der Waals surface area contributed by atoms with Crippen molar-refractivity contribution in [1.82, 2.24) is 5.32 Å². The second-order valence-electron chi connectivity index (χ2n) is 8.16. The summed E-state index contributed by atoms with van der Waals surface area (Å²) in [5.41, 5.74) is -0.357. The molecule has 0 fully saturated rings. The van der Waals surface area contributed by atoms with E-state index in [0.29, 0.717) is 6.42 Å². The van der Waals surface area contributed by atoms with E-state index in [9.17, 15) is 13.2 Å². The standard InChI is InChI=1S/C14H29NO4S/c1-12(2,3)9-10(13(4,5)6)11(16)15-14(7,8)20(17,18)19/h10H,9H2,1-8H3,(H,15,16)(H,17,18,19). The van der Waals surface area contributed by atoms with Gasteiger partial charge in [0.05, 0.1) is 0 Å². The first-order valence-corrected chi connectivity index (χ1v) is 8.20. The Morgan fingerprint density at radius 1 is 1.05 bits per heavy atom. The molecule has 0 aliphatic heterocycles. The zero-order chi connectivity index (χ0) is 16.6. The monoisotopic (exact) mass is 307 g/mol. The van der Waals surface area contributed by atoms with Crippen LogP contribution in [0.15, 0.2) is 0 Å². The Kier molecular flexibility index (Phi) is 5.46. The average molecular weight is 307 g/mol. The molecule has 0 aliphatic carbocycles. The van der Waals surface area contributed by atoms with Gasteiger partial charge in [0.25, 0.3) is 10.1 Å². The molecule has 120 valence electrons. The first-order chi connectivity index (χ1) is 8.47. The molecule has 0 aromatic rings. The fourth-order valence-corrected chi connectivity index (χ4v) is 2.08. The van der Waals surface area contributed by atoms with Gasteiger partial charge in [0, 0.05) is 5.92 Å². The third kappa shape index (κ3) is 5.79. The average Bonchev–Trinajstić information content (AvgIpc) is 2.07. The lowest BCUT2D eigenvalue weighted by Gasteiger charge is -2.36. The highest BCUT2D eigenvalue weighted by Crippen LogP contribution is 2.36. The summed E-state index contributed by atoms with van der Waals surface area (Å²) >= 11 is 0. The normalized spacial score (nSPS) is 15.8. The first kappa shape index (κ1) is 19.4. The molecule has 1 unspecified atom stereocenters. The summed E-state index contributed by atoms with van der Waals surface area (Å²) in [6, 6.07) is 0. The third-order valence-electron chi connectivity index (χ3n) is 3.25. The second-order valence-corrected chi connectivity index (χ2v) is 10.1. The van der Waals surface area contributed by atoms with Crippen LogP contribution in [-0.2, 0) is 14.9 Å². The summed E-state index contributed by atoms with van der Waals surface area (Å²) in [7, 11) is -4.35. The van der Waals surface area contributed by atoms with E-state index in [2.05, 4.69) is 5.32 Å². The lowest BCUT2D eigenvalue weighted by Crippen LogP contribution is -2.53. The van der Waals surface area contributed by atoms with Crippen molar-refractivity contribution in [3.8, 4) is 0 Å². The van der Waals surface area contributed by atoms with Crippen molar-refractivity contribution >= 4 is 16.0 Å². The Morgan fingerprint density at radius 2 is 1.45 bits per heavy atom. The van der Waals surface area contributed by atoms with Crippen molar-refractivity contribution in [2.45, 2.75) is 66.7 Å². The van der Waals surface area contributed by atoms with E-state index < -0.39 is 15.0 Å². The zero-order valence-corrected chi connectivity index (χ0v) is 14.7. The summed E-state index contributed by atoms with van der Waals surface area (Å²) in [6.07, 6.45) is 0.629. The van der Waals surface area contributed by atoms with Crippen LogP contribution in [0.4, 0.5) is 0 Å². The number of amides is 1. The predicted octanol–water partition coefficient (Wildman–Crippen LogP) is 2.83. The number of hydrogen-bond donors (Lipinski definition) is 2. The van der Waals surface area contributed by atoms with Crippen LogP contribution in [0.2, 0.25) is 0 Å². The number of rotatable bonds is 4. The van der Waals surface area contributed by atoms with Crippen molar-refractivity contribution < 1.29 is 17.8 Å². The van der Waals surface area contributed by atoms with E-state index >= 15 is 0 Å². The van der Waals surface area contributed by atoms with Gasteiger partial charge in [-0.25, -0.2) is 0 Å². The molecule has 0 rings (SSSR count). The Morgan fingerprint density at radius 3 is 1.70 bits per heavy atom. The molecule has 0 heterocycles. The van der Waals surface area contributed by atoms with Gasteiger partial charge >= 0.3 is 0 Å². The van der Waals surface area contributed by atoms with E-state index in [1.54, 1.807) is 0 Å². The van der Waals surface area contributed by atoms with Gasteiger partial charge in [-0.1, -0.05) is 41.5 Å². The van der Waals surface area contributed by atoms with Crippen LogP contribution in [0.1, 0.15) is 61.8 Å². The summed E-state index contributed by atoms with van der Waals surface area (Å²) in [6.45, 7) is 14.5. The van der Waals surface area contributed by atoms with Gasteiger partial charge in [0.2, 0.25) is 5.91 Å². The first-order valence-electron chi connectivity index (χ1n) is 6.76. The molecular weight excluding hydrogens is 278 g/mol. The van der Waals surface area contributed by atoms with Crippen molar-refractivity contribution in [1.29, 1.82) is 0 Å². The minimum atomic E-state index is -4.35. The van der Waals surface area contributed by atoms with Gasteiger partial charge in [-0.05, 0) is 31.1 Å². The van der Waals surface area contributed by atoms with Gasteiger partial charge in [-0.2, -0.15) is 8.42 Å². The van der Waals surface area contributed by atoms with Crippen LogP contribution in [0.5, 0.6) is 0 Å². The summed E-state index contributed by atoms with van der Waals surface area (Å²) < 4.78 is 31.7. The molecule has 0 aromatic carbocycles. The summed E-state index contributed by atoms with van der Waals surface area (Å²) in [5.74, 6) is -0.696. The number of nitrogens with one attached hydrogen (secondary N) is 1. The lowest BCUT2D eigenvalue weighted by molar-refractivity contribution is -0.130. The zero-order valence-electron chi connectivity index (χ0n) is 13.9. The highest BCUT2D eigenvalue weighted by Gasteiger charge is 2.40. The lowest BCUT2D eigenvalue weighted by atomic mass is 9.71. The highest BCUT2D eigenvalue weighted by molar-refractivity contribution is 7.87. The van der Waals surface area contributed by atoms with Gasteiger partial charge < -0.3 is 5.32 Å². The molecule has 6 heteroatoms. The van der Waals surface area contributed by atoms with Gasteiger partial charge in [-0.3, -0.25) is 9.35 Å². The summed E-state index contributed by atoms with van der Waals surface area (Å²) in [5, 5.41) is 2.45. The van der Waals surface area contributed by atoms with E-state index in [0.717, 1.165) is 0 Å². The SMILES string of the molecule is CC(C)(C)CC(C(=O)NC(C)(C)S(=O)(=O)O)C(C)(C)C. The van der Waals surface area contributed by atoms with E-state index in [4.69, 9.17) is 4.55 Å². The van der Waals surface area contributed by atoms with Crippen molar-refractivity contribution in [2.24, 2.45) is 16.7 Å². The second kappa shape index (κ2) is 5.64. The third-order valence-corrected chi connectivity index (χ3v) is 4.64. The molecule has 0 aromatic heterocycles. The smallest absolute Gasteiger partial charge is 0.288 e. The molecule has 1 amide bonds. The maximum Gasteiger partial charge on any atom is 0.288 e. The molecule has 1 atom stereocenters. The molecular formula is C14H29NO4S. The number of carbonyl (C=O) groups is 1. The van der Waals surface area contributed by atoms with Crippen LogP contribution >= 0.6 is 0 Å². The van der Waals surface area contributed by atoms with E-state index in [-0.39, 0.29) is 22.7 Å². The fraction of sp³-hybridized carbons (Fsp3) is 0.929. The van der Waals surface area contributed by atoms with E-state index in [1.807, 2.05) is 41.5 Å². The molecule has 0 bridgehead atoms. The van der Waals surface area contributed by atoms with Gasteiger partial charge in [0.15, 0.2) is 4.87 Å². The number of carbonyl (C=O) groups excluding carboxylic acids is 1. The van der Waals surface area contributed by atoms with Crippen LogP contribution in [0.25, 0.3) is 0 Å². The molecule has 0 saturated heterocycles. The predicted molar refractivity (Wildman–Crippen MR) is 80.8 cm³/mol. The Balaban J connectivity index is 5.29. The number of hydrogen-bond acceptors (Lipinski definition) is 3. The Bertz CT molecular complexity index is 453. The molecule has 0 aliphatic rings. The van der Waals surface area contributed by atoms with Crippen molar-refractivity contribution in [2.75, 3.05) is 0 Å². The largest absolute Gasteiger partial charge is 0.335 e. The fourth-order valence-electron chi connectivity index (χ4n) is 1.85. The van der Waals surface area contributed by atoms with E-state index in [1.165, 1.54) is 13.8 Å². The molecule has 0 radical (unpaired) electrons. The van der Waals surface area contributed by atoms with Crippen LogP contribution < -0.4 is 5.32 Å². The maximum atomic E-state index is 12.4. The minimum absolute atomic E-state index is 0.0580. The molecule has 0 saturated carbocycles. The molecule has 2 N–H and O–H groups in total. The molecule has 0 spiro atoms. The van der Waals surface area contributed by atoms with Crippen LogP contribution in [0, 0.1) is 16.7 Å². The Hall–Kier alpha value is -0.620. The van der Waals surface area contributed by atoms with Crippen molar-refractivity contribution in [3.05, 3.63) is 0 Å². The topological polar surface area (TPSA) is 83.5 Å². The molecule has 5 nitrogen and oxygen atoms in total. The van der Waals surface area contributed by atoms with Crippen molar-refractivity contribution in [3.63, 3.8) is 0 Å². The van der Waals surface area contributed by atoms with Gasteiger partial charge in [0.1, 0.15) is 0 Å². The highest BCUT2D eigenvalue weighted by atomic mass is 32.2. The van der Waals surface area contributed by atoms with Crippen LogP contribution in [-0.4, -0.2) is 23.7 Å². The molecule has 20 heavy (non-hydrogen) atoms.